The van der Waals surface area contributed by atoms with Gasteiger partial charge in [-0.05, 0) is 36.2 Å². The number of anilines is 1. The number of carbonyl (C=O) groups is 2. The third-order valence-electron chi connectivity index (χ3n) is 3.77. The molecule has 4 nitrogen and oxygen atoms in total. The fraction of sp³-hybridized carbons (Fsp3) is 0.263. The van der Waals surface area contributed by atoms with Gasteiger partial charge in [0.15, 0.2) is 0 Å². The van der Waals surface area contributed by atoms with Crippen LogP contribution < -0.4 is 10.2 Å². The fourth-order valence-electron chi connectivity index (χ4n) is 2.46. The van der Waals surface area contributed by atoms with Crippen LogP contribution in [0.1, 0.15) is 18.1 Å². The van der Waals surface area contributed by atoms with Crippen molar-refractivity contribution in [2.45, 2.75) is 20.3 Å². The molecular weight excluding hydrogens is 324 g/mol. The van der Waals surface area contributed by atoms with E-state index in [0.717, 1.165) is 16.8 Å². The van der Waals surface area contributed by atoms with E-state index in [9.17, 15) is 9.59 Å². The lowest BCUT2D eigenvalue weighted by Crippen LogP contribution is -2.38. The lowest BCUT2D eigenvalue weighted by atomic mass is 10.1. The first-order valence-corrected chi connectivity index (χ1v) is 8.20. The Labute approximate surface area is 147 Å². The standard InChI is InChI=1S/C19H21ClN2O2/c1-14-6-3-4-7-16(14)12-19(24)21-10-11-22(15(2)23)18-9-5-8-17(20)13-18/h3-9,13H,10-12H2,1-2H3,(H,21,24). The molecule has 0 unspecified atom stereocenters. The number of carbonyl (C=O) groups excluding carboxylic acids is 2. The van der Waals surface area contributed by atoms with E-state index < -0.39 is 0 Å². The fourth-order valence-corrected chi connectivity index (χ4v) is 2.65. The summed E-state index contributed by atoms with van der Waals surface area (Å²) in [6.45, 7) is 4.27. The van der Waals surface area contributed by atoms with E-state index in [1.54, 1.807) is 23.1 Å². The third kappa shape index (κ3) is 5.10. The molecule has 1 N–H and O–H groups in total. The van der Waals surface area contributed by atoms with Gasteiger partial charge in [0.2, 0.25) is 11.8 Å². The summed E-state index contributed by atoms with van der Waals surface area (Å²) in [5.41, 5.74) is 2.83. The third-order valence-corrected chi connectivity index (χ3v) is 4.00. The molecule has 0 saturated carbocycles. The Morgan fingerprint density at radius 2 is 1.88 bits per heavy atom. The van der Waals surface area contributed by atoms with Crippen LogP contribution in [0.15, 0.2) is 48.5 Å². The molecule has 0 aromatic heterocycles. The molecule has 0 radical (unpaired) electrons. The van der Waals surface area contributed by atoms with Gasteiger partial charge in [0.1, 0.15) is 0 Å². The molecule has 2 rings (SSSR count). The molecule has 0 aliphatic heterocycles. The van der Waals surface area contributed by atoms with Crippen molar-refractivity contribution in [1.82, 2.24) is 5.32 Å². The molecular formula is C19H21ClN2O2. The van der Waals surface area contributed by atoms with Crippen LogP contribution in [0, 0.1) is 6.92 Å². The minimum absolute atomic E-state index is 0.0566. The number of aryl methyl sites for hydroxylation is 1. The highest BCUT2D eigenvalue weighted by molar-refractivity contribution is 6.30. The number of nitrogens with one attached hydrogen (secondary N) is 1. The Hall–Kier alpha value is -2.33. The number of nitrogens with zero attached hydrogens (tertiary/aromatic N) is 1. The van der Waals surface area contributed by atoms with Crippen molar-refractivity contribution in [2.75, 3.05) is 18.0 Å². The number of hydrogen-bond acceptors (Lipinski definition) is 2. The average Bonchev–Trinajstić information content (AvgIpc) is 2.53. The van der Waals surface area contributed by atoms with E-state index in [1.807, 2.05) is 37.3 Å². The maximum absolute atomic E-state index is 12.1. The second-order valence-electron chi connectivity index (χ2n) is 5.60. The van der Waals surface area contributed by atoms with Gasteiger partial charge in [0.05, 0.1) is 6.42 Å². The van der Waals surface area contributed by atoms with Crippen LogP contribution in [0.5, 0.6) is 0 Å². The Balaban J connectivity index is 1.90. The number of amides is 2. The van der Waals surface area contributed by atoms with Gasteiger partial charge in [0, 0.05) is 30.7 Å². The zero-order valence-electron chi connectivity index (χ0n) is 13.9. The van der Waals surface area contributed by atoms with Crippen molar-refractivity contribution < 1.29 is 9.59 Å². The Kier molecular flexibility index (Phi) is 6.38. The molecule has 24 heavy (non-hydrogen) atoms. The van der Waals surface area contributed by atoms with Crippen molar-refractivity contribution in [3.05, 3.63) is 64.7 Å². The number of halogens is 1. The number of rotatable bonds is 6. The molecule has 2 aromatic carbocycles. The Bertz CT molecular complexity index is 731. The predicted molar refractivity (Wildman–Crippen MR) is 97.4 cm³/mol. The average molecular weight is 345 g/mol. The van der Waals surface area contributed by atoms with Gasteiger partial charge in [-0.15, -0.1) is 0 Å². The van der Waals surface area contributed by atoms with E-state index in [0.29, 0.717) is 24.5 Å². The van der Waals surface area contributed by atoms with Crippen LogP contribution >= 0.6 is 11.6 Å². The minimum Gasteiger partial charge on any atom is -0.354 e. The summed E-state index contributed by atoms with van der Waals surface area (Å²) in [5.74, 6) is -0.149. The molecule has 0 spiro atoms. The maximum atomic E-state index is 12.1. The van der Waals surface area contributed by atoms with Crippen molar-refractivity contribution in [3.63, 3.8) is 0 Å². The molecule has 2 amide bonds. The van der Waals surface area contributed by atoms with Gasteiger partial charge in [-0.25, -0.2) is 0 Å². The van der Waals surface area contributed by atoms with E-state index >= 15 is 0 Å². The van der Waals surface area contributed by atoms with E-state index in [-0.39, 0.29) is 11.8 Å². The van der Waals surface area contributed by atoms with Gasteiger partial charge in [-0.3, -0.25) is 9.59 Å². The molecule has 0 atom stereocenters. The molecule has 126 valence electrons. The summed E-state index contributed by atoms with van der Waals surface area (Å²) in [6.07, 6.45) is 0.337. The molecule has 0 heterocycles. The summed E-state index contributed by atoms with van der Waals surface area (Å²) in [7, 11) is 0. The minimum atomic E-state index is -0.0922. The van der Waals surface area contributed by atoms with Gasteiger partial charge in [-0.2, -0.15) is 0 Å². The van der Waals surface area contributed by atoms with Gasteiger partial charge in [0.25, 0.3) is 0 Å². The van der Waals surface area contributed by atoms with Crippen LogP contribution in [-0.4, -0.2) is 24.9 Å². The summed E-state index contributed by atoms with van der Waals surface area (Å²) in [5, 5.41) is 3.43. The number of hydrogen-bond donors (Lipinski definition) is 1. The first-order chi connectivity index (χ1) is 11.5. The van der Waals surface area contributed by atoms with E-state index in [2.05, 4.69) is 5.32 Å². The number of benzene rings is 2. The van der Waals surface area contributed by atoms with Gasteiger partial charge < -0.3 is 10.2 Å². The Morgan fingerprint density at radius 3 is 2.54 bits per heavy atom. The van der Waals surface area contributed by atoms with Crippen molar-refractivity contribution in [3.8, 4) is 0 Å². The highest BCUT2D eigenvalue weighted by Crippen LogP contribution is 2.19. The van der Waals surface area contributed by atoms with E-state index in [4.69, 9.17) is 11.6 Å². The summed E-state index contributed by atoms with van der Waals surface area (Å²) < 4.78 is 0. The molecule has 0 bridgehead atoms. The highest BCUT2D eigenvalue weighted by atomic mass is 35.5. The zero-order valence-corrected chi connectivity index (χ0v) is 14.6. The second kappa shape index (κ2) is 8.50. The first kappa shape index (κ1) is 18.0. The smallest absolute Gasteiger partial charge is 0.224 e. The van der Waals surface area contributed by atoms with Crippen molar-refractivity contribution in [1.29, 1.82) is 0 Å². The normalized spacial score (nSPS) is 10.3. The molecule has 5 heteroatoms. The lowest BCUT2D eigenvalue weighted by molar-refractivity contribution is -0.121. The second-order valence-corrected chi connectivity index (χ2v) is 6.04. The summed E-state index contributed by atoms with van der Waals surface area (Å²) in [4.78, 5) is 25.5. The highest BCUT2D eigenvalue weighted by Gasteiger charge is 2.12. The summed E-state index contributed by atoms with van der Waals surface area (Å²) in [6, 6.07) is 14.9. The molecule has 0 fully saturated rings. The molecule has 0 aliphatic carbocycles. The largest absolute Gasteiger partial charge is 0.354 e. The predicted octanol–water partition coefficient (Wildman–Crippen LogP) is 3.36. The molecule has 0 aliphatic rings. The van der Waals surface area contributed by atoms with Crippen LogP contribution in [0.4, 0.5) is 5.69 Å². The SMILES string of the molecule is CC(=O)N(CCNC(=O)Cc1ccccc1C)c1cccc(Cl)c1. The van der Waals surface area contributed by atoms with Gasteiger partial charge >= 0.3 is 0 Å². The maximum Gasteiger partial charge on any atom is 0.224 e. The van der Waals surface area contributed by atoms with Crippen LogP contribution in [0.25, 0.3) is 0 Å². The molecule has 0 saturated heterocycles. The monoisotopic (exact) mass is 344 g/mol. The van der Waals surface area contributed by atoms with Gasteiger partial charge in [-0.1, -0.05) is 41.9 Å². The topological polar surface area (TPSA) is 49.4 Å². The van der Waals surface area contributed by atoms with Crippen molar-refractivity contribution >= 4 is 29.1 Å². The van der Waals surface area contributed by atoms with Crippen LogP contribution in [0.3, 0.4) is 0 Å². The van der Waals surface area contributed by atoms with E-state index in [1.165, 1.54) is 6.92 Å². The lowest BCUT2D eigenvalue weighted by Gasteiger charge is -2.21. The quantitative estimate of drug-likeness (QED) is 0.873. The summed E-state index contributed by atoms with van der Waals surface area (Å²) >= 11 is 5.98. The van der Waals surface area contributed by atoms with Crippen LogP contribution in [-0.2, 0) is 16.0 Å². The molecule has 2 aromatic rings. The zero-order chi connectivity index (χ0) is 17.5. The van der Waals surface area contributed by atoms with Crippen molar-refractivity contribution in [2.24, 2.45) is 0 Å². The Morgan fingerprint density at radius 1 is 1.12 bits per heavy atom. The first-order valence-electron chi connectivity index (χ1n) is 7.82. The van der Waals surface area contributed by atoms with Crippen LogP contribution in [0.2, 0.25) is 5.02 Å².